The van der Waals surface area contributed by atoms with Crippen molar-refractivity contribution in [2.24, 2.45) is 0 Å². The quantitative estimate of drug-likeness (QED) is 0.863. The molecule has 0 bridgehead atoms. The standard InChI is InChI=1S/C23H24N2O4/c1-23(2)22(27)21(25-10-6-9-20(25)26)17-11-16(13-24)18(12-19(17)29-23)28-14-15-7-4-3-5-8-15/h3-5,7-8,11-12,21-22,27H,6,9-10,14H2,1-2H3/t21-,22+/m0/s1. The van der Waals surface area contributed by atoms with E-state index in [1.54, 1.807) is 30.9 Å². The number of carbonyl (C=O) groups excluding carboxylic acids is 1. The largest absolute Gasteiger partial charge is 0.487 e. The lowest BCUT2D eigenvalue weighted by atomic mass is 9.85. The third-order valence-corrected chi connectivity index (χ3v) is 5.62. The van der Waals surface area contributed by atoms with Crippen LogP contribution in [0.25, 0.3) is 0 Å². The van der Waals surface area contributed by atoms with Crippen LogP contribution in [0.3, 0.4) is 0 Å². The summed E-state index contributed by atoms with van der Waals surface area (Å²) >= 11 is 0. The van der Waals surface area contributed by atoms with E-state index in [-0.39, 0.29) is 5.91 Å². The highest BCUT2D eigenvalue weighted by Gasteiger charge is 2.47. The van der Waals surface area contributed by atoms with Crippen molar-refractivity contribution >= 4 is 5.91 Å². The minimum Gasteiger partial charge on any atom is -0.487 e. The highest BCUT2D eigenvalue weighted by molar-refractivity contribution is 5.79. The number of nitrogens with zero attached hydrogens (tertiary/aromatic N) is 2. The molecule has 0 radical (unpaired) electrons. The zero-order chi connectivity index (χ0) is 20.6. The maximum absolute atomic E-state index is 12.4. The van der Waals surface area contributed by atoms with Gasteiger partial charge in [-0.25, -0.2) is 0 Å². The number of fused-ring (bicyclic) bond motifs is 1. The molecule has 4 rings (SSSR count). The first-order valence-corrected chi connectivity index (χ1v) is 9.82. The Morgan fingerprint density at radius 2 is 2.07 bits per heavy atom. The second-order valence-electron chi connectivity index (χ2n) is 8.06. The Kier molecular flexibility index (Phi) is 4.93. The van der Waals surface area contributed by atoms with Gasteiger partial charge in [0.2, 0.25) is 5.91 Å². The van der Waals surface area contributed by atoms with Gasteiger partial charge in [0.25, 0.3) is 0 Å². The highest BCUT2D eigenvalue weighted by atomic mass is 16.5. The summed E-state index contributed by atoms with van der Waals surface area (Å²) in [6, 6.07) is 14.7. The molecule has 2 aromatic rings. The second kappa shape index (κ2) is 7.41. The van der Waals surface area contributed by atoms with Gasteiger partial charge in [-0.05, 0) is 31.9 Å². The minimum atomic E-state index is -0.903. The zero-order valence-electron chi connectivity index (χ0n) is 16.6. The number of aliphatic hydroxyl groups excluding tert-OH is 1. The summed E-state index contributed by atoms with van der Waals surface area (Å²) < 4.78 is 12.0. The first-order chi connectivity index (χ1) is 13.9. The van der Waals surface area contributed by atoms with Crippen LogP contribution in [0.15, 0.2) is 42.5 Å². The average molecular weight is 392 g/mol. The molecule has 0 aliphatic carbocycles. The van der Waals surface area contributed by atoms with Crippen LogP contribution >= 0.6 is 0 Å². The molecule has 1 saturated heterocycles. The Labute approximate surface area is 170 Å². The van der Waals surface area contributed by atoms with Gasteiger partial charge in [0.15, 0.2) is 0 Å². The number of ether oxygens (including phenoxy) is 2. The van der Waals surface area contributed by atoms with Crippen molar-refractivity contribution in [3.8, 4) is 17.6 Å². The Morgan fingerprint density at radius 3 is 2.72 bits per heavy atom. The molecule has 6 heteroatoms. The predicted octanol–water partition coefficient (Wildman–Crippen LogP) is 3.33. The smallest absolute Gasteiger partial charge is 0.223 e. The van der Waals surface area contributed by atoms with Crippen molar-refractivity contribution in [2.75, 3.05) is 6.54 Å². The summed E-state index contributed by atoms with van der Waals surface area (Å²) in [6.07, 6.45) is 0.338. The van der Waals surface area contributed by atoms with Crippen LogP contribution in [-0.4, -0.2) is 34.2 Å². The van der Waals surface area contributed by atoms with Gasteiger partial charge in [0.1, 0.15) is 35.9 Å². The first-order valence-electron chi connectivity index (χ1n) is 9.82. The summed E-state index contributed by atoms with van der Waals surface area (Å²) in [5.74, 6) is 0.974. The molecule has 0 unspecified atom stereocenters. The summed E-state index contributed by atoms with van der Waals surface area (Å²) in [5, 5.41) is 20.6. The van der Waals surface area contributed by atoms with E-state index in [2.05, 4.69) is 6.07 Å². The summed E-state index contributed by atoms with van der Waals surface area (Å²) in [6.45, 7) is 4.52. The highest BCUT2D eigenvalue weighted by Crippen LogP contribution is 2.46. The lowest BCUT2D eigenvalue weighted by molar-refractivity contribution is -0.139. The zero-order valence-corrected chi connectivity index (χ0v) is 16.6. The van der Waals surface area contributed by atoms with E-state index in [0.29, 0.717) is 42.2 Å². The van der Waals surface area contributed by atoms with Crippen LogP contribution in [0.2, 0.25) is 0 Å². The Hall–Kier alpha value is -3.04. The van der Waals surface area contributed by atoms with E-state index in [1.807, 2.05) is 30.3 Å². The third-order valence-electron chi connectivity index (χ3n) is 5.62. The normalized spacial score (nSPS) is 22.6. The molecule has 150 valence electrons. The fraction of sp³-hybridized carbons (Fsp3) is 0.391. The molecular weight excluding hydrogens is 368 g/mol. The third kappa shape index (κ3) is 3.54. The maximum Gasteiger partial charge on any atom is 0.223 e. The van der Waals surface area contributed by atoms with Crippen LogP contribution in [0.5, 0.6) is 11.5 Å². The molecule has 0 aromatic heterocycles. The van der Waals surface area contributed by atoms with Gasteiger partial charge in [0, 0.05) is 24.6 Å². The van der Waals surface area contributed by atoms with Crippen LogP contribution in [0.4, 0.5) is 0 Å². The number of carbonyl (C=O) groups is 1. The van der Waals surface area contributed by atoms with Gasteiger partial charge in [-0.3, -0.25) is 4.79 Å². The van der Waals surface area contributed by atoms with Crippen molar-refractivity contribution in [1.29, 1.82) is 5.26 Å². The number of benzene rings is 2. The van der Waals surface area contributed by atoms with E-state index in [9.17, 15) is 15.2 Å². The van der Waals surface area contributed by atoms with Gasteiger partial charge in [-0.1, -0.05) is 30.3 Å². The van der Waals surface area contributed by atoms with E-state index < -0.39 is 17.7 Å². The molecule has 6 nitrogen and oxygen atoms in total. The van der Waals surface area contributed by atoms with Gasteiger partial charge >= 0.3 is 0 Å². The van der Waals surface area contributed by atoms with Crippen LogP contribution in [0.1, 0.15) is 49.4 Å². The molecule has 2 aromatic carbocycles. The Bertz CT molecular complexity index is 965. The number of likely N-dealkylation sites (tertiary alicyclic amines) is 1. The SMILES string of the molecule is CC1(C)Oc2cc(OCc3ccccc3)c(C#N)cc2[C@H](N2CCCC2=O)[C@H]1O. The fourth-order valence-corrected chi connectivity index (χ4v) is 4.04. The number of rotatable bonds is 4. The minimum absolute atomic E-state index is 0.0145. The summed E-state index contributed by atoms with van der Waals surface area (Å²) in [4.78, 5) is 14.1. The average Bonchev–Trinajstić information content (AvgIpc) is 3.13. The molecule has 1 amide bonds. The Balaban J connectivity index is 1.72. The van der Waals surface area contributed by atoms with E-state index in [1.165, 1.54) is 0 Å². The van der Waals surface area contributed by atoms with Gasteiger partial charge in [-0.15, -0.1) is 0 Å². The molecule has 2 heterocycles. The lowest BCUT2D eigenvalue weighted by Crippen LogP contribution is -2.53. The fourth-order valence-electron chi connectivity index (χ4n) is 4.04. The monoisotopic (exact) mass is 392 g/mol. The molecule has 2 atom stereocenters. The van der Waals surface area contributed by atoms with Gasteiger partial charge in [-0.2, -0.15) is 5.26 Å². The van der Waals surface area contributed by atoms with Crippen LogP contribution in [-0.2, 0) is 11.4 Å². The lowest BCUT2D eigenvalue weighted by Gasteiger charge is -2.45. The van der Waals surface area contributed by atoms with Crippen molar-refractivity contribution < 1.29 is 19.4 Å². The molecule has 29 heavy (non-hydrogen) atoms. The molecule has 0 spiro atoms. The predicted molar refractivity (Wildman–Crippen MR) is 106 cm³/mol. The van der Waals surface area contributed by atoms with Crippen molar-refractivity contribution in [3.63, 3.8) is 0 Å². The summed E-state index contributed by atoms with van der Waals surface area (Å²) in [7, 11) is 0. The molecular formula is C23H24N2O4. The molecule has 1 fully saturated rings. The van der Waals surface area contributed by atoms with Crippen molar-refractivity contribution in [1.82, 2.24) is 4.90 Å². The molecule has 0 saturated carbocycles. The van der Waals surface area contributed by atoms with Gasteiger partial charge < -0.3 is 19.5 Å². The molecule has 1 N–H and O–H groups in total. The van der Waals surface area contributed by atoms with E-state index >= 15 is 0 Å². The number of amides is 1. The Morgan fingerprint density at radius 1 is 1.31 bits per heavy atom. The van der Waals surface area contributed by atoms with Crippen molar-refractivity contribution in [2.45, 2.75) is 51.0 Å². The van der Waals surface area contributed by atoms with Gasteiger partial charge in [0.05, 0.1) is 11.6 Å². The number of hydrogen-bond acceptors (Lipinski definition) is 5. The van der Waals surface area contributed by atoms with E-state index in [0.717, 1.165) is 12.0 Å². The maximum atomic E-state index is 12.4. The summed E-state index contributed by atoms with van der Waals surface area (Å²) in [5.41, 5.74) is 1.11. The number of aliphatic hydroxyl groups is 1. The van der Waals surface area contributed by atoms with E-state index in [4.69, 9.17) is 9.47 Å². The molecule has 2 aliphatic rings. The first kappa shape index (κ1) is 19.3. The topological polar surface area (TPSA) is 82.8 Å². The van der Waals surface area contributed by atoms with Crippen LogP contribution < -0.4 is 9.47 Å². The van der Waals surface area contributed by atoms with Crippen molar-refractivity contribution in [3.05, 3.63) is 59.2 Å². The number of hydrogen-bond donors (Lipinski definition) is 1. The van der Waals surface area contributed by atoms with Crippen LogP contribution in [0, 0.1) is 11.3 Å². The second-order valence-corrected chi connectivity index (χ2v) is 8.06. The number of nitriles is 1. The molecule has 2 aliphatic heterocycles.